The van der Waals surface area contributed by atoms with Gasteiger partial charge in [-0.2, -0.15) is 5.10 Å². The number of nitro benzene ring substituents is 1. The lowest BCUT2D eigenvalue weighted by Gasteiger charge is -2.32. The number of hydrogen-bond acceptors (Lipinski definition) is 6. The summed E-state index contributed by atoms with van der Waals surface area (Å²) >= 11 is 0. The molecule has 1 aromatic heterocycles. The number of aryl methyl sites for hydroxylation is 2. The van der Waals surface area contributed by atoms with E-state index in [0.717, 1.165) is 30.9 Å². The van der Waals surface area contributed by atoms with Crippen LogP contribution in [0.4, 0.5) is 17.2 Å². The molecule has 0 aliphatic carbocycles. The summed E-state index contributed by atoms with van der Waals surface area (Å²) in [6.45, 7) is 5.06. The van der Waals surface area contributed by atoms with Crippen LogP contribution in [-0.2, 0) is 4.79 Å². The zero-order valence-corrected chi connectivity index (χ0v) is 14.8. The fraction of sp³-hybridized carbons (Fsp3) is 0.389. The molecule has 26 heavy (non-hydrogen) atoms. The Kier molecular flexibility index (Phi) is 5.11. The lowest BCUT2D eigenvalue weighted by atomic mass is 9.97. The van der Waals surface area contributed by atoms with Crippen molar-refractivity contribution in [3.8, 4) is 0 Å². The molecule has 2 heterocycles. The Morgan fingerprint density at radius 1 is 1.27 bits per heavy atom. The highest BCUT2D eigenvalue weighted by Gasteiger charge is 2.27. The quantitative estimate of drug-likeness (QED) is 0.668. The number of rotatable bonds is 4. The molecule has 3 rings (SSSR count). The summed E-state index contributed by atoms with van der Waals surface area (Å²) in [6.07, 6.45) is 1.69. The number of nitro groups is 1. The highest BCUT2D eigenvalue weighted by Crippen LogP contribution is 2.25. The lowest BCUT2D eigenvalue weighted by molar-refractivity contribution is -0.384. The highest BCUT2D eigenvalue weighted by atomic mass is 16.6. The van der Waals surface area contributed by atoms with E-state index in [-0.39, 0.29) is 17.5 Å². The minimum atomic E-state index is -0.444. The zero-order chi connectivity index (χ0) is 18.7. The Balaban J connectivity index is 1.68. The number of hydrogen-bond donors (Lipinski definition) is 1. The minimum Gasteiger partial charge on any atom is -0.354 e. The number of carbonyl (C=O) groups is 1. The molecular formula is C18H21N5O3. The maximum absolute atomic E-state index is 12.7. The van der Waals surface area contributed by atoms with Gasteiger partial charge in [0.15, 0.2) is 5.82 Å². The van der Waals surface area contributed by atoms with Crippen LogP contribution in [0.25, 0.3) is 0 Å². The van der Waals surface area contributed by atoms with Crippen LogP contribution in [0, 0.1) is 29.9 Å². The predicted octanol–water partition coefficient (Wildman–Crippen LogP) is 2.86. The molecule has 1 N–H and O–H groups in total. The molecule has 8 heteroatoms. The summed E-state index contributed by atoms with van der Waals surface area (Å²) in [5, 5.41) is 22.0. The molecule has 1 atom stereocenters. The van der Waals surface area contributed by atoms with Crippen LogP contribution < -0.4 is 10.2 Å². The first-order valence-corrected chi connectivity index (χ1v) is 8.55. The summed E-state index contributed by atoms with van der Waals surface area (Å²) in [5.74, 6) is 0.535. The van der Waals surface area contributed by atoms with Gasteiger partial charge in [-0.25, -0.2) is 0 Å². The number of aromatic nitrogens is 2. The van der Waals surface area contributed by atoms with Crippen LogP contribution in [-0.4, -0.2) is 34.1 Å². The van der Waals surface area contributed by atoms with Crippen LogP contribution >= 0.6 is 0 Å². The Morgan fingerprint density at radius 3 is 2.73 bits per heavy atom. The molecule has 1 aliphatic heterocycles. The molecule has 0 spiro atoms. The standard InChI is InChI=1S/C18H21N5O3/c1-12-10-15(23(25)26)6-7-16(12)19-18(24)14-4-3-9-22(11-14)17-8-5-13(2)20-21-17/h5-8,10,14H,3-4,9,11H2,1-2H3,(H,19,24). The predicted molar refractivity (Wildman–Crippen MR) is 98.2 cm³/mol. The van der Waals surface area contributed by atoms with Crippen molar-refractivity contribution in [2.24, 2.45) is 5.92 Å². The van der Waals surface area contributed by atoms with Crippen molar-refractivity contribution in [2.75, 3.05) is 23.3 Å². The average Bonchev–Trinajstić information content (AvgIpc) is 2.64. The van der Waals surface area contributed by atoms with Crippen molar-refractivity contribution in [3.05, 3.63) is 51.7 Å². The number of non-ortho nitro benzene ring substituents is 1. The molecule has 0 radical (unpaired) electrons. The van der Waals surface area contributed by atoms with Gasteiger partial charge in [-0.05, 0) is 50.5 Å². The Bertz CT molecular complexity index is 822. The largest absolute Gasteiger partial charge is 0.354 e. The molecule has 1 fully saturated rings. The fourth-order valence-corrected chi connectivity index (χ4v) is 3.10. The first-order chi connectivity index (χ1) is 12.4. The van der Waals surface area contributed by atoms with Gasteiger partial charge in [-0.3, -0.25) is 14.9 Å². The first kappa shape index (κ1) is 17.8. The number of nitrogens with one attached hydrogen (secondary N) is 1. The van der Waals surface area contributed by atoms with E-state index in [4.69, 9.17) is 0 Å². The van der Waals surface area contributed by atoms with Crippen LogP contribution in [0.5, 0.6) is 0 Å². The number of amides is 1. The van der Waals surface area contributed by atoms with Crippen LogP contribution in [0.2, 0.25) is 0 Å². The van der Waals surface area contributed by atoms with Crippen molar-refractivity contribution in [1.29, 1.82) is 0 Å². The van der Waals surface area contributed by atoms with Gasteiger partial charge in [-0.15, -0.1) is 5.10 Å². The van der Waals surface area contributed by atoms with Gasteiger partial charge in [0, 0.05) is 30.9 Å². The molecule has 0 saturated carbocycles. The second kappa shape index (κ2) is 7.47. The monoisotopic (exact) mass is 355 g/mol. The van der Waals surface area contributed by atoms with Gasteiger partial charge < -0.3 is 10.2 Å². The molecule has 1 unspecified atom stereocenters. The van der Waals surface area contributed by atoms with Crippen molar-refractivity contribution in [1.82, 2.24) is 10.2 Å². The number of nitrogens with zero attached hydrogens (tertiary/aromatic N) is 4. The normalized spacial score (nSPS) is 17.0. The molecule has 136 valence electrons. The van der Waals surface area contributed by atoms with Gasteiger partial charge >= 0.3 is 0 Å². The van der Waals surface area contributed by atoms with Gasteiger partial charge in [0.2, 0.25) is 5.91 Å². The SMILES string of the molecule is Cc1ccc(N2CCCC(C(=O)Nc3ccc([N+](=O)[O-])cc3C)C2)nn1. The third-order valence-electron chi connectivity index (χ3n) is 4.58. The highest BCUT2D eigenvalue weighted by molar-refractivity contribution is 5.93. The summed E-state index contributed by atoms with van der Waals surface area (Å²) in [5.41, 5.74) is 2.15. The van der Waals surface area contributed by atoms with E-state index in [1.807, 2.05) is 19.1 Å². The number of anilines is 2. The molecular weight excluding hydrogens is 334 g/mol. The summed E-state index contributed by atoms with van der Waals surface area (Å²) in [4.78, 5) is 25.1. The van der Waals surface area contributed by atoms with Crippen LogP contribution in [0.3, 0.4) is 0 Å². The first-order valence-electron chi connectivity index (χ1n) is 8.55. The summed E-state index contributed by atoms with van der Waals surface area (Å²) in [7, 11) is 0. The smallest absolute Gasteiger partial charge is 0.269 e. The second-order valence-electron chi connectivity index (χ2n) is 6.56. The van der Waals surface area contributed by atoms with E-state index < -0.39 is 4.92 Å². The summed E-state index contributed by atoms with van der Waals surface area (Å²) in [6, 6.07) is 8.27. The van der Waals surface area contributed by atoms with E-state index in [1.54, 1.807) is 13.0 Å². The fourth-order valence-electron chi connectivity index (χ4n) is 3.10. The van der Waals surface area contributed by atoms with Crippen molar-refractivity contribution < 1.29 is 9.72 Å². The van der Waals surface area contributed by atoms with E-state index >= 15 is 0 Å². The van der Waals surface area contributed by atoms with E-state index in [2.05, 4.69) is 20.4 Å². The van der Waals surface area contributed by atoms with E-state index in [9.17, 15) is 14.9 Å². The third kappa shape index (κ3) is 3.96. The Hall–Kier alpha value is -3.03. The number of benzene rings is 1. The van der Waals surface area contributed by atoms with E-state index in [1.165, 1.54) is 12.1 Å². The Labute approximate surface area is 151 Å². The van der Waals surface area contributed by atoms with Gasteiger partial charge in [0.25, 0.3) is 5.69 Å². The third-order valence-corrected chi connectivity index (χ3v) is 4.58. The lowest BCUT2D eigenvalue weighted by Crippen LogP contribution is -2.41. The van der Waals surface area contributed by atoms with Gasteiger partial charge in [0.05, 0.1) is 16.5 Å². The van der Waals surface area contributed by atoms with Gasteiger partial charge in [0.1, 0.15) is 0 Å². The molecule has 0 bridgehead atoms. The number of carbonyl (C=O) groups excluding carboxylic acids is 1. The Morgan fingerprint density at radius 2 is 2.08 bits per heavy atom. The molecule has 1 aliphatic rings. The average molecular weight is 355 g/mol. The molecule has 1 aromatic carbocycles. The summed E-state index contributed by atoms with van der Waals surface area (Å²) < 4.78 is 0. The van der Waals surface area contributed by atoms with Gasteiger partial charge in [-0.1, -0.05) is 0 Å². The maximum Gasteiger partial charge on any atom is 0.269 e. The van der Waals surface area contributed by atoms with Crippen LogP contribution in [0.1, 0.15) is 24.1 Å². The van der Waals surface area contributed by atoms with Crippen molar-refractivity contribution in [2.45, 2.75) is 26.7 Å². The second-order valence-corrected chi connectivity index (χ2v) is 6.56. The zero-order valence-electron chi connectivity index (χ0n) is 14.8. The minimum absolute atomic E-state index is 0.0160. The van der Waals surface area contributed by atoms with E-state index in [0.29, 0.717) is 17.8 Å². The van der Waals surface area contributed by atoms with Crippen molar-refractivity contribution in [3.63, 3.8) is 0 Å². The molecule has 1 amide bonds. The maximum atomic E-state index is 12.7. The van der Waals surface area contributed by atoms with Crippen LogP contribution in [0.15, 0.2) is 30.3 Å². The van der Waals surface area contributed by atoms with Crippen molar-refractivity contribution >= 4 is 23.1 Å². The topological polar surface area (TPSA) is 101 Å². The molecule has 1 saturated heterocycles. The number of piperidine rings is 1. The molecule has 8 nitrogen and oxygen atoms in total. The molecule has 2 aromatic rings.